The number of anilines is 2. The van der Waals surface area contributed by atoms with Crippen molar-refractivity contribution < 1.29 is 9.59 Å². The molecule has 0 atom stereocenters. The van der Waals surface area contributed by atoms with Crippen molar-refractivity contribution in [2.45, 2.75) is 13.3 Å². The van der Waals surface area contributed by atoms with Gasteiger partial charge in [0.25, 0.3) is 5.91 Å². The van der Waals surface area contributed by atoms with E-state index >= 15 is 0 Å². The van der Waals surface area contributed by atoms with Gasteiger partial charge in [0, 0.05) is 36.2 Å². The number of carbonyl (C=O) groups is 2. The molecule has 1 saturated heterocycles. The predicted molar refractivity (Wildman–Crippen MR) is 128 cm³/mol. The maximum Gasteiger partial charge on any atom is 0.258 e. The summed E-state index contributed by atoms with van der Waals surface area (Å²) >= 11 is 7.50. The number of piperazine rings is 1. The van der Waals surface area contributed by atoms with Gasteiger partial charge in [-0.15, -0.1) is 0 Å². The highest BCUT2D eigenvalue weighted by Crippen LogP contribution is 2.26. The lowest BCUT2D eigenvalue weighted by molar-refractivity contribution is -0.131. The Kier molecular flexibility index (Phi) is 7.43. The Labute approximate surface area is 189 Å². The number of benzene rings is 2. The number of hydrogen-bond acceptors (Lipinski definition) is 4. The van der Waals surface area contributed by atoms with Crippen LogP contribution in [0.25, 0.3) is 0 Å². The minimum absolute atomic E-state index is 0.190. The third kappa shape index (κ3) is 5.45. The zero-order valence-electron chi connectivity index (χ0n) is 16.2. The van der Waals surface area contributed by atoms with E-state index in [0.29, 0.717) is 25.1 Å². The van der Waals surface area contributed by atoms with Crippen LogP contribution in [0.5, 0.6) is 0 Å². The molecule has 0 unspecified atom stereocenters. The van der Waals surface area contributed by atoms with Crippen molar-refractivity contribution in [3.8, 4) is 0 Å². The van der Waals surface area contributed by atoms with E-state index in [2.05, 4.69) is 38.1 Å². The molecule has 3 rings (SSSR count). The topological polar surface area (TPSA) is 64.7 Å². The smallest absolute Gasteiger partial charge is 0.258 e. The molecule has 2 aromatic carbocycles. The number of nitrogens with zero attached hydrogens (tertiary/aromatic N) is 2. The number of nitrogens with one attached hydrogen (secondary N) is 2. The molecule has 0 aromatic heterocycles. The number of thiocarbonyl (C=S) groups is 1. The van der Waals surface area contributed by atoms with Crippen molar-refractivity contribution in [1.29, 1.82) is 0 Å². The maximum atomic E-state index is 12.5. The summed E-state index contributed by atoms with van der Waals surface area (Å²) in [6, 6.07) is 15.2. The second kappa shape index (κ2) is 10.0. The quantitative estimate of drug-likeness (QED) is 0.476. The molecule has 0 aliphatic carbocycles. The first-order valence-electron chi connectivity index (χ1n) is 9.48. The Morgan fingerprint density at radius 3 is 2.38 bits per heavy atom. The minimum atomic E-state index is -0.239. The van der Waals surface area contributed by atoms with Gasteiger partial charge in [0.15, 0.2) is 5.11 Å². The summed E-state index contributed by atoms with van der Waals surface area (Å²) in [6.45, 7) is 4.81. The lowest BCUT2D eigenvalue weighted by atomic mass is 10.2. The van der Waals surface area contributed by atoms with Crippen LogP contribution in [0.4, 0.5) is 11.4 Å². The highest BCUT2D eigenvalue weighted by Gasteiger charge is 2.22. The summed E-state index contributed by atoms with van der Waals surface area (Å²) in [7, 11) is 0. The van der Waals surface area contributed by atoms with Crippen LogP contribution in [0.3, 0.4) is 0 Å². The summed E-state index contributed by atoms with van der Waals surface area (Å²) in [4.78, 5) is 28.5. The third-order valence-electron chi connectivity index (χ3n) is 4.77. The summed E-state index contributed by atoms with van der Waals surface area (Å²) < 4.78 is 0.866. The molecule has 0 radical (unpaired) electrons. The van der Waals surface area contributed by atoms with Crippen LogP contribution in [0.15, 0.2) is 48.5 Å². The average Bonchev–Trinajstić information content (AvgIpc) is 2.74. The first-order valence-corrected chi connectivity index (χ1v) is 11.0. The number of hydrogen-bond donors (Lipinski definition) is 2. The van der Waals surface area contributed by atoms with E-state index in [1.54, 1.807) is 6.07 Å². The van der Waals surface area contributed by atoms with E-state index < -0.39 is 0 Å². The van der Waals surface area contributed by atoms with Crippen LogP contribution < -0.4 is 15.5 Å². The number of rotatable bonds is 4. The Bertz CT molecular complexity index is 913. The van der Waals surface area contributed by atoms with Gasteiger partial charge >= 0.3 is 0 Å². The Morgan fingerprint density at radius 2 is 1.69 bits per heavy atom. The van der Waals surface area contributed by atoms with Crippen molar-refractivity contribution in [3.05, 3.63) is 57.7 Å². The van der Waals surface area contributed by atoms with Crippen LogP contribution in [0.1, 0.15) is 23.7 Å². The summed E-state index contributed by atoms with van der Waals surface area (Å²) in [5.41, 5.74) is 2.42. The number of amides is 2. The maximum absolute atomic E-state index is 12.5. The Balaban J connectivity index is 1.65. The van der Waals surface area contributed by atoms with Crippen molar-refractivity contribution in [2.75, 3.05) is 36.4 Å². The fraction of sp³-hybridized carbons (Fsp3) is 0.286. The second-order valence-corrected chi connectivity index (χ2v) is 8.20. The van der Waals surface area contributed by atoms with Gasteiger partial charge in [-0.2, -0.15) is 0 Å². The Hall–Kier alpha value is -2.20. The van der Waals surface area contributed by atoms with Crippen molar-refractivity contribution in [3.63, 3.8) is 0 Å². The standard InChI is InChI=1S/C21H23IN4O2S/c1-2-19(27)26-13-11-25(12-14-26)18-10-6-5-9-17(18)23-21(29)24-20(28)15-7-3-4-8-16(15)22/h3-10H,2,11-14H2,1H3,(H2,23,24,28,29). The lowest BCUT2D eigenvalue weighted by Crippen LogP contribution is -2.48. The van der Waals surface area contributed by atoms with Gasteiger partial charge in [0.05, 0.1) is 16.9 Å². The second-order valence-electron chi connectivity index (χ2n) is 6.63. The molecule has 0 spiro atoms. The van der Waals surface area contributed by atoms with E-state index in [4.69, 9.17) is 12.2 Å². The molecule has 1 heterocycles. The van der Waals surface area contributed by atoms with E-state index in [0.717, 1.165) is 28.0 Å². The van der Waals surface area contributed by atoms with Crippen molar-refractivity contribution in [1.82, 2.24) is 10.2 Å². The molecule has 1 fully saturated rings. The number of para-hydroxylation sites is 2. The van der Waals surface area contributed by atoms with Crippen LogP contribution in [0, 0.1) is 3.57 Å². The molecule has 6 nitrogen and oxygen atoms in total. The largest absolute Gasteiger partial charge is 0.366 e. The fourth-order valence-corrected chi connectivity index (χ4v) is 4.08. The minimum Gasteiger partial charge on any atom is -0.366 e. The van der Waals surface area contributed by atoms with Gasteiger partial charge in [-0.3, -0.25) is 14.9 Å². The third-order valence-corrected chi connectivity index (χ3v) is 5.92. The predicted octanol–water partition coefficient (Wildman–Crippen LogP) is 3.48. The summed E-state index contributed by atoms with van der Waals surface area (Å²) in [5.74, 6) is -0.0489. The zero-order valence-corrected chi connectivity index (χ0v) is 19.1. The fourth-order valence-electron chi connectivity index (χ4n) is 3.24. The molecule has 1 aliphatic heterocycles. The number of halogens is 1. The molecule has 1 aliphatic rings. The van der Waals surface area contributed by atoms with Crippen molar-refractivity contribution >= 4 is 63.1 Å². The van der Waals surface area contributed by atoms with Crippen molar-refractivity contribution in [2.24, 2.45) is 0 Å². The first kappa shape index (κ1) is 21.5. The molecule has 152 valence electrons. The summed E-state index contributed by atoms with van der Waals surface area (Å²) in [6.07, 6.45) is 0.534. The molecule has 0 saturated carbocycles. The highest BCUT2D eigenvalue weighted by atomic mass is 127. The van der Waals surface area contributed by atoms with Gasteiger partial charge in [0.2, 0.25) is 5.91 Å². The molecule has 2 N–H and O–H groups in total. The van der Waals surface area contributed by atoms with E-state index in [1.165, 1.54) is 0 Å². The number of carbonyl (C=O) groups excluding carboxylic acids is 2. The molecule has 2 amide bonds. The highest BCUT2D eigenvalue weighted by molar-refractivity contribution is 14.1. The van der Waals surface area contributed by atoms with Crippen LogP contribution in [0.2, 0.25) is 0 Å². The van der Waals surface area contributed by atoms with Gasteiger partial charge in [-0.25, -0.2) is 0 Å². The van der Waals surface area contributed by atoms with Crippen LogP contribution in [-0.4, -0.2) is 48.0 Å². The SMILES string of the molecule is CCC(=O)N1CCN(c2ccccc2NC(=S)NC(=O)c2ccccc2I)CC1. The molecule has 29 heavy (non-hydrogen) atoms. The monoisotopic (exact) mass is 522 g/mol. The van der Waals surface area contributed by atoms with Gasteiger partial charge in [0.1, 0.15) is 0 Å². The average molecular weight is 522 g/mol. The summed E-state index contributed by atoms with van der Waals surface area (Å²) in [5, 5.41) is 6.15. The van der Waals surface area contributed by atoms with Gasteiger partial charge in [-0.05, 0) is 59.1 Å². The molecule has 0 bridgehead atoms. The van der Waals surface area contributed by atoms with Crippen LogP contribution in [-0.2, 0) is 4.79 Å². The van der Waals surface area contributed by atoms with E-state index in [9.17, 15) is 9.59 Å². The molecule has 2 aromatic rings. The van der Waals surface area contributed by atoms with E-state index in [-0.39, 0.29) is 16.9 Å². The molecule has 8 heteroatoms. The van der Waals surface area contributed by atoms with Gasteiger partial charge < -0.3 is 15.1 Å². The molecular formula is C21H23IN4O2S. The normalized spacial score (nSPS) is 13.7. The van der Waals surface area contributed by atoms with Gasteiger partial charge in [-0.1, -0.05) is 31.2 Å². The van der Waals surface area contributed by atoms with Crippen LogP contribution >= 0.6 is 34.8 Å². The lowest BCUT2D eigenvalue weighted by Gasteiger charge is -2.37. The zero-order chi connectivity index (χ0) is 20.8. The molecular weight excluding hydrogens is 499 g/mol. The Morgan fingerprint density at radius 1 is 1.03 bits per heavy atom. The first-order chi connectivity index (χ1) is 14.0. The van der Waals surface area contributed by atoms with E-state index in [1.807, 2.05) is 54.3 Å².